The molecule has 0 radical (unpaired) electrons. The standard InChI is InChI=1S/C32H37N5O7S/c33-45(41,42)25-5-1-21(2-6-25)22-3-7-26-29(15-22)43-14-11-24-4-8-28(38)30(44-24)17-35-32(40)27-16-23(36-31(26)39)19-37(27)18-20-9-12-34-13-10-20/h1-3,5-7,9-10,12-13,15,23-24,27-28,30,38H,4,8,11,14,16-19H2,(H,35,40)(H,36,39)(H2,33,41,42)/t23-,24-,27-,28-,30+/m0/s1. The molecule has 2 amide bonds. The second kappa shape index (κ2) is 13.2. The van der Waals surface area contributed by atoms with Crippen molar-refractivity contribution >= 4 is 21.8 Å². The highest BCUT2D eigenvalue weighted by Gasteiger charge is 2.39. The summed E-state index contributed by atoms with van der Waals surface area (Å²) in [6, 6.07) is 14.4. The van der Waals surface area contributed by atoms with Gasteiger partial charge < -0.3 is 25.2 Å². The summed E-state index contributed by atoms with van der Waals surface area (Å²) in [4.78, 5) is 33.3. The summed E-state index contributed by atoms with van der Waals surface area (Å²) in [5, 5.41) is 22.0. The van der Waals surface area contributed by atoms with Gasteiger partial charge in [0.2, 0.25) is 15.9 Å². The zero-order chi connectivity index (χ0) is 31.6. The van der Waals surface area contributed by atoms with Gasteiger partial charge in [-0.15, -0.1) is 0 Å². The molecule has 1 aromatic heterocycles. The third-order valence-corrected chi connectivity index (χ3v) is 9.60. The van der Waals surface area contributed by atoms with E-state index in [9.17, 15) is 23.1 Å². The third-order valence-electron chi connectivity index (χ3n) is 8.67. The van der Waals surface area contributed by atoms with Crippen LogP contribution in [0.1, 0.15) is 41.6 Å². The maximum Gasteiger partial charge on any atom is 0.255 e. The number of pyridine rings is 1. The van der Waals surface area contributed by atoms with Crippen LogP contribution in [0.4, 0.5) is 0 Å². The molecule has 45 heavy (non-hydrogen) atoms. The summed E-state index contributed by atoms with van der Waals surface area (Å²) >= 11 is 0. The van der Waals surface area contributed by atoms with E-state index in [1.165, 1.54) is 12.1 Å². The van der Waals surface area contributed by atoms with Gasteiger partial charge in [0, 0.05) is 44.5 Å². The fraction of sp³-hybridized carbons (Fsp3) is 0.406. The number of fused-ring (bicyclic) bond motifs is 5. The number of hydrogen-bond acceptors (Lipinski definition) is 9. The molecule has 0 aliphatic carbocycles. The number of amides is 2. The lowest BCUT2D eigenvalue weighted by Gasteiger charge is -2.34. The molecule has 2 aromatic carbocycles. The summed E-state index contributed by atoms with van der Waals surface area (Å²) in [5.74, 6) is -0.117. The number of hydrogen-bond donors (Lipinski definition) is 4. The third kappa shape index (κ3) is 7.34. The smallest absolute Gasteiger partial charge is 0.255 e. The van der Waals surface area contributed by atoms with Gasteiger partial charge in [-0.1, -0.05) is 18.2 Å². The highest BCUT2D eigenvalue weighted by atomic mass is 32.2. The van der Waals surface area contributed by atoms with E-state index >= 15 is 0 Å². The van der Waals surface area contributed by atoms with Crippen LogP contribution in [0, 0.1) is 0 Å². The monoisotopic (exact) mass is 635 g/mol. The predicted molar refractivity (Wildman–Crippen MR) is 165 cm³/mol. The van der Waals surface area contributed by atoms with Crippen molar-refractivity contribution in [2.24, 2.45) is 5.14 Å². The van der Waals surface area contributed by atoms with Crippen LogP contribution in [0.15, 0.2) is 71.9 Å². The molecule has 238 valence electrons. The van der Waals surface area contributed by atoms with Crippen molar-refractivity contribution in [3.63, 3.8) is 0 Å². The number of likely N-dealkylation sites (tertiary alicyclic amines) is 1. The van der Waals surface area contributed by atoms with Crippen molar-refractivity contribution in [2.45, 2.75) is 67.5 Å². The van der Waals surface area contributed by atoms with Gasteiger partial charge in [0.15, 0.2) is 0 Å². The first kappa shape index (κ1) is 31.1. The van der Waals surface area contributed by atoms with Crippen LogP contribution in [-0.2, 0) is 26.1 Å². The Balaban J connectivity index is 1.29. The lowest BCUT2D eigenvalue weighted by atomic mass is 9.99. The number of rotatable bonds is 4. The number of carbonyl (C=O) groups excluding carboxylic acids is 2. The molecule has 2 saturated heterocycles. The highest BCUT2D eigenvalue weighted by molar-refractivity contribution is 7.89. The molecule has 5 N–H and O–H groups in total. The molecule has 4 bridgehead atoms. The van der Waals surface area contributed by atoms with Gasteiger partial charge in [-0.25, -0.2) is 13.6 Å². The summed E-state index contributed by atoms with van der Waals surface area (Å²) in [6.07, 6.45) is 4.12. The lowest BCUT2D eigenvalue weighted by Crippen LogP contribution is -2.50. The maximum atomic E-state index is 13.7. The second-order valence-electron chi connectivity index (χ2n) is 11.8. The normalized spacial score (nSPS) is 26.3. The van der Waals surface area contributed by atoms with Gasteiger partial charge in [-0.2, -0.15) is 0 Å². The van der Waals surface area contributed by atoms with Crippen LogP contribution >= 0.6 is 0 Å². The van der Waals surface area contributed by atoms with E-state index < -0.39 is 28.3 Å². The SMILES string of the molecule is NS(=O)(=O)c1ccc(-c2ccc3c(c2)OCC[C@@H]2CC[C@H](O)[C@@H](CNC(=O)[C@@H]4C[C@@H](CN4Cc4ccncc4)NC3=O)O2)cc1. The van der Waals surface area contributed by atoms with Crippen LogP contribution in [0.5, 0.6) is 5.75 Å². The van der Waals surface area contributed by atoms with Crippen LogP contribution < -0.4 is 20.5 Å². The summed E-state index contributed by atoms with van der Waals surface area (Å²) < 4.78 is 35.8. The molecular formula is C32H37N5O7S. The maximum absolute atomic E-state index is 13.7. The Kier molecular flexibility index (Phi) is 9.15. The molecule has 5 atom stereocenters. The number of aliphatic hydroxyl groups excluding tert-OH is 1. The lowest BCUT2D eigenvalue weighted by molar-refractivity contribution is -0.133. The quantitative estimate of drug-likeness (QED) is 0.332. The molecule has 12 nitrogen and oxygen atoms in total. The van der Waals surface area contributed by atoms with Crippen LogP contribution in [0.3, 0.4) is 0 Å². The average molecular weight is 636 g/mol. The minimum absolute atomic E-state index is 0.00399. The van der Waals surface area contributed by atoms with Crippen molar-refractivity contribution in [2.75, 3.05) is 19.7 Å². The van der Waals surface area contributed by atoms with Crippen molar-refractivity contribution in [1.29, 1.82) is 0 Å². The van der Waals surface area contributed by atoms with Crippen LogP contribution in [0.25, 0.3) is 11.1 Å². The number of ether oxygens (including phenoxy) is 2. The van der Waals surface area contributed by atoms with E-state index in [-0.39, 0.29) is 42.0 Å². The fourth-order valence-electron chi connectivity index (χ4n) is 6.25. The number of aromatic nitrogens is 1. The number of nitrogens with zero attached hydrogens (tertiary/aromatic N) is 2. The van der Waals surface area contributed by atoms with Gasteiger partial charge in [-0.3, -0.25) is 19.5 Å². The van der Waals surface area contributed by atoms with Gasteiger partial charge in [0.25, 0.3) is 5.91 Å². The van der Waals surface area contributed by atoms with Gasteiger partial charge in [0.05, 0.1) is 35.3 Å². The Morgan fingerprint density at radius 1 is 1.00 bits per heavy atom. The number of nitrogens with one attached hydrogen (secondary N) is 2. The first-order chi connectivity index (χ1) is 21.6. The first-order valence-corrected chi connectivity index (χ1v) is 16.6. The topological polar surface area (TPSA) is 173 Å². The van der Waals surface area contributed by atoms with E-state index in [0.29, 0.717) is 50.1 Å². The van der Waals surface area contributed by atoms with Crippen molar-refractivity contribution < 1.29 is 32.6 Å². The number of aliphatic hydroxyl groups is 1. The number of benzene rings is 2. The summed E-state index contributed by atoms with van der Waals surface area (Å²) in [6.45, 7) is 1.41. The number of sulfonamides is 1. The molecule has 0 unspecified atom stereocenters. The van der Waals surface area contributed by atoms with Gasteiger partial charge in [-0.05, 0) is 72.4 Å². The second-order valence-corrected chi connectivity index (χ2v) is 13.4. The Morgan fingerprint density at radius 2 is 1.76 bits per heavy atom. The average Bonchev–Trinajstić information content (AvgIpc) is 3.42. The van der Waals surface area contributed by atoms with Crippen LogP contribution in [-0.4, -0.2) is 85.3 Å². The number of carbonyl (C=O) groups is 2. The van der Waals surface area contributed by atoms with E-state index in [1.54, 1.807) is 42.7 Å². The summed E-state index contributed by atoms with van der Waals surface area (Å²) in [7, 11) is -3.83. The zero-order valence-corrected chi connectivity index (χ0v) is 25.5. The molecule has 2 fully saturated rings. The first-order valence-electron chi connectivity index (χ1n) is 15.1. The molecule has 3 aromatic rings. The molecular weight excluding hydrogens is 598 g/mol. The number of nitrogens with two attached hydrogens (primary N) is 1. The highest BCUT2D eigenvalue weighted by Crippen LogP contribution is 2.30. The largest absolute Gasteiger partial charge is 0.493 e. The molecule has 0 spiro atoms. The Bertz CT molecular complexity index is 1640. The number of primary sulfonamides is 1. The van der Waals surface area contributed by atoms with Gasteiger partial charge in [0.1, 0.15) is 11.9 Å². The Labute approximate surface area is 262 Å². The summed E-state index contributed by atoms with van der Waals surface area (Å²) in [5.41, 5.74) is 2.80. The van der Waals surface area contributed by atoms with Gasteiger partial charge >= 0.3 is 0 Å². The minimum atomic E-state index is -3.83. The van der Waals surface area contributed by atoms with Crippen molar-refractivity contribution in [3.8, 4) is 16.9 Å². The molecule has 13 heteroatoms. The predicted octanol–water partition coefficient (Wildman–Crippen LogP) is 1.58. The molecule has 3 aliphatic heterocycles. The Morgan fingerprint density at radius 3 is 2.51 bits per heavy atom. The zero-order valence-electron chi connectivity index (χ0n) is 24.7. The van der Waals surface area contributed by atoms with E-state index in [1.807, 2.05) is 17.0 Å². The molecule has 6 rings (SSSR count). The van der Waals surface area contributed by atoms with Crippen molar-refractivity contribution in [1.82, 2.24) is 20.5 Å². The molecule has 3 aliphatic rings. The minimum Gasteiger partial charge on any atom is -0.493 e. The fourth-order valence-corrected chi connectivity index (χ4v) is 6.77. The van der Waals surface area contributed by atoms with E-state index in [4.69, 9.17) is 14.6 Å². The Hall–Kier alpha value is -3.88. The van der Waals surface area contributed by atoms with E-state index in [0.717, 1.165) is 16.7 Å². The van der Waals surface area contributed by atoms with Crippen LogP contribution in [0.2, 0.25) is 0 Å². The van der Waals surface area contributed by atoms with E-state index in [2.05, 4.69) is 15.6 Å². The molecule has 4 heterocycles. The molecule has 0 saturated carbocycles. The van der Waals surface area contributed by atoms with Crippen molar-refractivity contribution in [3.05, 3.63) is 78.1 Å².